The summed E-state index contributed by atoms with van der Waals surface area (Å²) in [6, 6.07) is 4.56. The largest absolute Gasteiger partial charge is 0.381 e. The van der Waals surface area contributed by atoms with Crippen LogP contribution in [0.4, 0.5) is 5.82 Å². The molecule has 0 bridgehead atoms. The standard InChI is InChI=1S/C13H20N2O/c1-9-5-6-12(14-8-9)15-10-7-11(16-4)13(10,2)3/h5-6,8,10-11H,7H2,1-4H3,(H,14,15). The third kappa shape index (κ3) is 1.92. The van der Waals surface area contributed by atoms with Crippen molar-refractivity contribution in [2.45, 2.75) is 39.3 Å². The highest BCUT2D eigenvalue weighted by molar-refractivity contribution is 5.38. The van der Waals surface area contributed by atoms with E-state index in [1.165, 1.54) is 5.56 Å². The van der Waals surface area contributed by atoms with Gasteiger partial charge >= 0.3 is 0 Å². The van der Waals surface area contributed by atoms with E-state index < -0.39 is 0 Å². The molecule has 1 N–H and O–H groups in total. The number of rotatable bonds is 3. The molecule has 3 nitrogen and oxygen atoms in total. The first-order chi connectivity index (χ1) is 7.54. The number of aryl methyl sites for hydroxylation is 1. The van der Waals surface area contributed by atoms with Crippen molar-refractivity contribution in [2.75, 3.05) is 12.4 Å². The maximum absolute atomic E-state index is 5.43. The minimum atomic E-state index is 0.182. The van der Waals surface area contributed by atoms with Crippen LogP contribution in [0.15, 0.2) is 18.3 Å². The number of hydrogen-bond donors (Lipinski definition) is 1. The molecular formula is C13H20N2O. The molecule has 1 fully saturated rings. The summed E-state index contributed by atoms with van der Waals surface area (Å²) in [5.74, 6) is 0.957. The van der Waals surface area contributed by atoms with Crippen LogP contribution in [0.3, 0.4) is 0 Å². The molecule has 2 atom stereocenters. The van der Waals surface area contributed by atoms with Crippen molar-refractivity contribution in [1.82, 2.24) is 4.98 Å². The predicted molar refractivity (Wildman–Crippen MR) is 65.6 cm³/mol. The van der Waals surface area contributed by atoms with Crippen LogP contribution in [0.5, 0.6) is 0 Å². The first kappa shape index (κ1) is 11.4. The van der Waals surface area contributed by atoms with Gasteiger partial charge in [-0.15, -0.1) is 0 Å². The maximum atomic E-state index is 5.43. The van der Waals surface area contributed by atoms with E-state index >= 15 is 0 Å². The van der Waals surface area contributed by atoms with Gasteiger partial charge in [0, 0.05) is 24.8 Å². The molecule has 88 valence electrons. The number of hydrogen-bond acceptors (Lipinski definition) is 3. The van der Waals surface area contributed by atoms with E-state index in [0.29, 0.717) is 12.1 Å². The predicted octanol–water partition coefficient (Wildman–Crippen LogP) is 2.62. The monoisotopic (exact) mass is 220 g/mol. The molecule has 1 aliphatic carbocycles. The van der Waals surface area contributed by atoms with Crippen molar-refractivity contribution in [3.63, 3.8) is 0 Å². The second kappa shape index (κ2) is 4.06. The minimum absolute atomic E-state index is 0.182. The zero-order valence-corrected chi connectivity index (χ0v) is 10.4. The van der Waals surface area contributed by atoms with Gasteiger partial charge in [0.1, 0.15) is 5.82 Å². The maximum Gasteiger partial charge on any atom is 0.126 e. The van der Waals surface area contributed by atoms with Crippen molar-refractivity contribution < 1.29 is 4.74 Å². The average Bonchev–Trinajstić information content (AvgIpc) is 2.26. The van der Waals surface area contributed by atoms with Crippen LogP contribution < -0.4 is 5.32 Å². The van der Waals surface area contributed by atoms with Crippen LogP contribution in [0, 0.1) is 12.3 Å². The smallest absolute Gasteiger partial charge is 0.126 e. The molecular weight excluding hydrogens is 200 g/mol. The minimum Gasteiger partial charge on any atom is -0.381 e. The summed E-state index contributed by atoms with van der Waals surface area (Å²) in [4.78, 5) is 4.36. The van der Waals surface area contributed by atoms with Crippen LogP contribution in [0.25, 0.3) is 0 Å². The Morgan fingerprint density at radius 2 is 2.19 bits per heavy atom. The molecule has 1 heterocycles. The van der Waals surface area contributed by atoms with E-state index in [-0.39, 0.29) is 5.41 Å². The number of nitrogens with zero attached hydrogens (tertiary/aromatic N) is 1. The zero-order chi connectivity index (χ0) is 11.8. The lowest BCUT2D eigenvalue weighted by Gasteiger charge is -2.51. The summed E-state index contributed by atoms with van der Waals surface area (Å²) < 4.78 is 5.43. The van der Waals surface area contributed by atoms with Gasteiger partial charge in [0.2, 0.25) is 0 Å². The SMILES string of the molecule is COC1CC(Nc2ccc(C)cn2)C1(C)C. The van der Waals surface area contributed by atoms with Crippen LogP contribution in [0.2, 0.25) is 0 Å². The second-order valence-electron chi connectivity index (χ2n) is 5.20. The van der Waals surface area contributed by atoms with Gasteiger partial charge in [-0.2, -0.15) is 0 Å². The number of ether oxygens (including phenoxy) is 1. The highest BCUT2D eigenvalue weighted by Crippen LogP contribution is 2.43. The Bertz CT molecular complexity index is 359. The van der Waals surface area contributed by atoms with Crippen LogP contribution in [0.1, 0.15) is 25.8 Å². The highest BCUT2D eigenvalue weighted by atomic mass is 16.5. The van der Waals surface area contributed by atoms with Gasteiger partial charge in [-0.05, 0) is 25.0 Å². The molecule has 1 aliphatic rings. The van der Waals surface area contributed by atoms with Crippen molar-refractivity contribution in [3.8, 4) is 0 Å². The summed E-state index contributed by atoms with van der Waals surface area (Å²) in [5.41, 5.74) is 1.37. The number of methoxy groups -OCH3 is 1. The summed E-state index contributed by atoms with van der Waals surface area (Å²) in [6.45, 7) is 6.51. The molecule has 2 unspecified atom stereocenters. The number of anilines is 1. The number of pyridine rings is 1. The van der Waals surface area contributed by atoms with Gasteiger partial charge in [0.15, 0.2) is 0 Å². The summed E-state index contributed by atoms with van der Waals surface area (Å²) in [7, 11) is 1.78. The fraction of sp³-hybridized carbons (Fsp3) is 0.615. The van der Waals surface area contributed by atoms with Gasteiger partial charge < -0.3 is 10.1 Å². The highest BCUT2D eigenvalue weighted by Gasteiger charge is 2.48. The molecule has 0 amide bonds. The van der Waals surface area contributed by atoms with Crippen LogP contribution in [-0.2, 0) is 4.74 Å². The second-order valence-corrected chi connectivity index (χ2v) is 5.20. The van der Waals surface area contributed by atoms with Crippen molar-refractivity contribution in [1.29, 1.82) is 0 Å². The van der Waals surface area contributed by atoms with Gasteiger partial charge in [0.05, 0.1) is 6.10 Å². The molecule has 3 heteroatoms. The van der Waals surface area contributed by atoms with Gasteiger partial charge in [-0.25, -0.2) is 4.98 Å². The fourth-order valence-corrected chi connectivity index (χ4v) is 2.26. The van der Waals surface area contributed by atoms with E-state index in [4.69, 9.17) is 4.74 Å². The molecule has 1 aromatic rings. The number of nitrogens with one attached hydrogen (secondary N) is 1. The molecule has 0 spiro atoms. The normalized spacial score (nSPS) is 27.2. The Hall–Kier alpha value is -1.09. The number of aromatic nitrogens is 1. The molecule has 1 aromatic heterocycles. The Kier molecular flexibility index (Phi) is 2.89. The van der Waals surface area contributed by atoms with Gasteiger partial charge in [-0.3, -0.25) is 0 Å². The third-order valence-electron chi connectivity index (χ3n) is 3.70. The molecule has 16 heavy (non-hydrogen) atoms. The zero-order valence-electron chi connectivity index (χ0n) is 10.4. The summed E-state index contributed by atoms with van der Waals surface area (Å²) in [5, 5.41) is 3.47. The summed E-state index contributed by atoms with van der Waals surface area (Å²) in [6.07, 6.45) is 3.30. The van der Waals surface area contributed by atoms with Crippen molar-refractivity contribution >= 4 is 5.82 Å². The molecule has 0 saturated heterocycles. The van der Waals surface area contributed by atoms with E-state index in [0.717, 1.165) is 12.2 Å². The van der Waals surface area contributed by atoms with Crippen molar-refractivity contribution in [3.05, 3.63) is 23.9 Å². The summed E-state index contributed by atoms with van der Waals surface area (Å²) >= 11 is 0. The Labute approximate surface area is 97.2 Å². The topological polar surface area (TPSA) is 34.1 Å². The van der Waals surface area contributed by atoms with Crippen molar-refractivity contribution in [2.24, 2.45) is 5.41 Å². The lowest BCUT2D eigenvalue weighted by atomic mass is 9.64. The average molecular weight is 220 g/mol. The quantitative estimate of drug-likeness (QED) is 0.850. The Morgan fingerprint density at radius 3 is 2.69 bits per heavy atom. The fourth-order valence-electron chi connectivity index (χ4n) is 2.26. The Balaban J connectivity index is 1.99. The van der Waals surface area contributed by atoms with E-state index in [2.05, 4.69) is 30.2 Å². The van der Waals surface area contributed by atoms with Gasteiger partial charge in [-0.1, -0.05) is 19.9 Å². The Morgan fingerprint density at radius 1 is 1.44 bits per heavy atom. The molecule has 0 aliphatic heterocycles. The van der Waals surface area contributed by atoms with E-state index in [1.807, 2.05) is 19.2 Å². The molecule has 1 saturated carbocycles. The van der Waals surface area contributed by atoms with E-state index in [1.54, 1.807) is 7.11 Å². The first-order valence-electron chi connectivity index (χ1n) is 5.76. The van der Waals surface area contributed by atoms with Crippen LogP contribution in [-0.4, -0.2) is 24.2 Å². The molecule has 2 rings (SSSR count). The lowest BCUT2D eigenvalue weighted by molar-refractivity contribution is -0.0795. The van der Waals surface area contributed by atoms with Crippen LogP contribution >= 0.6 is 0 Å². The lowest BCUT2D eigenvalue weighted by Crippen LogP contribution is -2.57. The van der Waals surface area contributed by atoms with Gasteiger partial charge in [0.25, 0.3) is 0 Å². The van der Waals surface area contributed by atoms with E-state index in [9.17, 15) is 0 Å². The first-order valence-corrected chi connectivity index (χ1v) is 5.76. The molecule has 0 aromatic carbocycles. The third-order valence-corrected chi connectivity index (χ3v) is 3.70. The molecule has 0 radical (unpaired) electrons.